The Kier molecular flexibility index (Phi) is 11.6. The van der Waals surface area contributed by atoms with E-state index >= 15 is 0 Å². The first kappa shape index (κ1) is 35.4. The molecule has 45 heavy (non-hydrogen) atoms. The van der Waals surface area contributed by atoms with Crippen LogP contribution >= 0.6 is 0 Å². The molecule has 2 aromatic rings. The second kappa shape index (κ2) is 14.8. The number of benzene rings is 1. The van der Waals surface area contributed by atoms with E-state index in [1.165, 1.54) is 36.8 Å². The van der Waals surface area contributed by atoms with E-state index in [9.17, 15) is 19.2 Å². The summed E-state index contributed by atoms with van der Waals surface area (Å²) in [5.74, 6) is -2.03. The number of ether oxygens (including phenoxy) is 2. The molecular formula is C32H45N3O10. The fourth-order valence-corrected chi connectivity index (χ4v) is 6.51. The molecule has 13 heteroatoms. The molecule has 2 fully saturated rings. The first-order chi connectivity index (χ1) is 21.1. The lowest BCUT2D eigenvalue weighted by molar-refractivity contribution is -0.170. The van der Waals surface area contributed by atoms with E-state index in [0.717, 1.165) is 22.9 Å². The molecule has 4 rings (SSSR count). The number of hydrogen-bond acceptors (Lipinski definition) is 8. The number of hydrogen-bond donors (Lipinski definition) is 5. The van der Waals surface area contributed by atoms with E-state index < -0.39 is 36.4 Å². The molecule has 2 saturated carbocycles. The predicted molar refractivity (Wildman–Crippen MR) is 162 cm³/mol. The van der Waals surface area contributed by atoms with Crippen molar-refractivity contribution >= 4 is 23.8 Å². The number of aliphatic carboxylic acids is 3. The third kappa shape index (κ3) is 8.13. The van der Waals surface area contributed by atoms with Gasteiger partial charge in [0.2, 0.25) is 5.91 Å². The normalized spacial score (nSPS) is 21.2. The number of methoxy groups -OCH3 is 2. The van der Waals surface area contributed by atoms with Gasteiger partial charge in [-0.2, -0.15) is 5.10 Å². The van der Waals surface area contributed by atoms with E-state index in [0.29, 0.717) is 24.3 Å². The Bertz CT molecular complexity index is 1390. The average molecular weight is 632 g/mol. The van der Waals surface area contributed by atoms with Crippen LogP contribution < -0.4 is 14.8 Å². The van der Waals surface area contributed by atoms with Gasteiger partial charge in [-0.3, -0.25) is 19.1 Å². The van der Waals surface area contributed by atoms with Crippen LogP contribution in [0.1, 0.15) is 73.9 Å². The first-order valence-corrected chi connectivity index (χ1v) is 15.1. The van der Waals surface area contributed by atoms with Crippen molar-refractivity contribution in [1.82, 2.24) is 15.1 Å². The van der Waals surface area contributed by atoms with E-state index in [-0.39, 0.29) is 17.9 Å². The van der Waals surface area contributed by atoms with Crippen LogP contribution in [0.4, 0.5) is 0 Å². The van der Waals surface area contributed by atoms with Crippen molar-refractivity contribution in [3.8, 4) is 11.5 Å². The van der Waals surface area contributed by atoms with Crippen molar-refractivity contribution in [3.63, 3.8) is 0 Å². The van der Waals surface area contributed by atoms with Crippen LogP contribution in [0.2, 0.25) is 0 Å². The number of nitrogens with zero attached hydrogens (tertiary/aromatic N) is 2. The summed E-state index contributed by atoms with van der Waals surface area (Å²) in [6, 6.07) is 6.39. The van der Waals surface area contributed by atoms with Crippen LogP contribution in [0.5, 0.6) is 11.5 Å². The minimum Gasteiger partial charge on any atom is -0.493 e. The summed E-state index contributed by atoms with van der Waals surface area (Å²) in [6.07, 6.45) is 2.68. The lowest BCUT2D eigenvalue weighted by atomic mass is 9.53. The highest BCUT2D eigenvalue weighted by atomic mass is 16.5. The molecule has 1 heterocycles. The third-order valence-electron chi connectivity index (χ3n) is 9.21. The van der Waals surface area contributed by atoms with Gasteiger partial charge in [-0.25, -0.2) is 4.79 Å². The SMILES string of the molecule is COc1ccc([C@H]2C3CCCCC3[C@@H]2NC(=O)C(C)Cn2nc(C)c(C)c2C)cc1OC.O=C(O)CC(O)(CC(=O)O)C(=O)O. The zero-order chi connectivity index (χ0) is 33.6. The van der Waals surface area contributed by atoms with Crippen molar-refractivity contribution < 1.29 is 49.1 Å². The second-order valence-corrected chi connectivity index (χ2v) is 12.1. The topological polar surface area (TPSA) is 198 Å². The summed E-state index contributed by atoms with van der Waals surface area (Å²) in [5, 5.41) is 41.9. The number of carbonyl (C=O) groups is 4. The van der Waals surface area contributed by atoms with Gasteiger partial charge < -0.3 is 35.2 Å². The molecule has 1 aromatic carbocycles. The molecule has 0 radical (unpaired) electrons. The van der Waals surface area contributed by atoms with Crippen LogP contribution in [-0.4, -0.2) is 79.9 Å². The molecule has 13 nitrogen and oxygen atoms in total. The number of aliphatic hydroxyl groups is 1. The summed E-state index contributed by atoms with van der Waals surface area (Å²) >= 11 is 0. The van der Waals surface area contributed by atoms with Crippen LogP contribution in [-0.2, 0) is 25.7 Å². The quantitative estimate of drug-likeness (QED) is 0.230. The largest absolute Gasteiger partial charge is 0.493 e. The Morgan fingerprint density at radius 3 is 2.04 bits per heavy atom. The van der Waals surface area contributed by atoms with Crippen molar-refractivity contribution in [3.05, 3.63) is 40.7 Å². The molecule has 3 unspecified atom stereocenters. The lowest BCUT2D eigenvalue weighted by Crippen LogP contribution is -2.60. The summed E-state index contributed by atoms with van der Waals surface area (Å²) in [7, 11) is 3.33. The van der Waals surface area contributed by atoms with Gasteiger partial charge in [-0.15, -0.1) is 0 Å². The number of fused-ring (bicyclic) bond motifs is 1. The van der Waals surface area contributed by atoms with Gasteiger partial charge in [0.25, 0.3) is 0 Å². The molecule has 0 saturated heterocycles. The maximum absolute atomic E-state index is 13.2. The molecular weight excluding hydrogens is 586 g/mol. The molecule has 2 aliphatic rings. The van der Waals surface area contributed by atoms with Gasteiger partial charge in [0.05, 0.1) is 45.2 Å². The summed E-state index contributed by atoms with van der Waals surface area (Å²) in [4.78, 5) is 43.7. The molecule has 2 aliphatic carbocycles. The zero-order valence-electron chi connectivity index (χ0n) is 26.7. The fourth-order valence-electron chi connectivity index (χ4n) is 6.51. The van der Waals surface area contributed by atoms with E-state index in [4.69, 9.17) is 29.9 Å². The maximum Gasteiger partial charge on any atom is 0.336 e. The van der Waals surface area contributed by atoms with Gasteiger partial charge in [-0.1, -0.05) is 25.8 Å². The maximum atomic E-state index is 13.2. The molecule has 0 aliphatic heterocycles. The van der Waals surface area contributed by atoms with Gasteiger partial charge in [0.1, 0.15) is 0 Å². The smallest absolute Gasteiger partial charge is 0.336 e. The van der Waals surface area contributed by atoms with Crippen LogP contribution in [0, 0.1) is 38.5 Å². The fraction of sp³-hybridized carbons (Fsp3) is 0.594. The van der Waals surface area contributed by atoms with Gasteiger partial charge >= 0.3 is 17.9 Å². The van der Waals surface area contributed by atoms with Gasteiger partial charge in [-0.05, 0) is 68.7 Å². The Hall–Kier alpha value is -4.13. The van der Waals surface area contributed by atoms with E-state index in [1.54, 1.807) is 14.2 Å². The minimum absolute atomic E-state index is 0.120. The summed E-state index contributed by atoms with van der Waals surface area (Å²) < 4.78 is 13.0. The summed E-state index contributed by atoms with van der Waals surface area (Å²) in [6.45, 7) is 8.79. The van der Waals surface area contributed by atoms with Crippen molar-refractivity contribution in [2.24, 2.45) is 17.8 Å². The number of carboxylic acid groups (broad SMARTS) is 3. The highest BCUT2D eigenvalue weighted by molar-refractivity contribution is 5.88. The second-order valence-electron chi connectivity index (χ2n) is 12.1. The van der Waals surface area contributed by atoms with E-state index in [1.807, 2.05) is 24.6 Å². The average Bonchev–Trinajstić information content (AvgIpc) is 3.21. The predicted octanol–water partition coefficient (Wildman–Crippen LogP) is 3.30. The van der Waals surface area contributed by atoms with Crippen LogP contribution in [0.25, 0.3) is 0 Å². The van der Waals surface area contributed by atoms with Crippen LogP contribution in [0.15, 0.2) is 18.2 Å². The minimum atomic E-state index is -2.74. The Morgan fingerprint density at radius 1 is 0.978 bits per heavy atom. The molecule has 1 amide bonds. The van der Waals surface area contributed by atoms with Crippen LogP contribution in [0.3, 0.4) is 0 Å². The van der Waals surface area contributed by atoms with E-state index in [2.05, 4.69) is 36.4 Å². The van der Waals surface area contributed by atoms with Crippen molar-refractivity contribution in [2.45, 2.75) is 90.3 Å². The molecule has 5 atom stereocenters. The number of carbonyl (C=O) groups excluding carboxylic acids is 1. The molecule has 0 spiro atoms. The molecule has 5 N–H and O–H groups in total. The molecule has 248 valence electrons. The lowest BCUT2D eigenvalue weighted by Gasteiger charge is -2.55. The number of nitrogens with one attached hydrogen (secondary N) is 1. The van der Waals surface area contributed by atoms with Gasteiger partial charge in [0.15, 0.2) is 17.1 Å². The number of amides is 1. The highest BCUT2D eigenvalue weighted by Gasteiger charge is 2.52. The standard InChI is InChI=1S/C26H37N3O3.C6H8O7/c1-15(14-29-18(4)16(2)17(3)28-29)26(30)27-25-21-10-8-7-9-20(21)24(25)19-11-12-22(31-5)23(13-19)32-6;7-3(8)1-6(13,5(11)12)2-4(9)10/h11-13,15,20-21,24-25H,7-10,14H2,1-6H3,(H,27,30);13H,1-2H2,(H,7,8)(H,9,10)(H,11,12)/t15?,20?,21?,24-,25-;/m0./s1. The molecule has 1 aromatic heterocycles. The summed E-state index contributed by atoms with van der Waals surface area (Å²) in [5.41, 5.74) is 1.87. The van der Waals surface area contributed by atoms with Crippen molar-refractivity contribution in [2.75, 3.05) is 14.2 Å². The number of aryl methyl sites for hydroxylation is 1. The van der Waals surface area contributed by atoms with Crippen molar-refractivity contribution in [1.29, 1.82) is 0 Å². The first-order valence-electron chi connectivity index (χ1n) is 15.1. The zero-order valence-corrected chi connectivity index (χ0v) is 26.7. The van der Waals surface area contributed by atoms with Gasteiger partial charge in [0, 0.05) is 17.7 Å². The Morgan fingerprint density at radius 2 is 1.56 bits per heavy atom. The Balaban J connectivity index is 0.000000360. The number of rotatable bonds is 12. The number of carboxylic acids is 3. The molecule has 0 bridgehead atoms. The Labute approximate surface area is 262 Å². The highest BCUT2D eigenvalue weighted by Crippen LogP contribution is 2.55. The monoisotopic (exact) mass is 631 g/mol. The third-order valence-corrected chi connectivity index (χ3v) is 9.21. The number of aromatic nitrogens is 2.